The smallest absolute Gasteiger partial charge is 0.407 e. The molecule has 4 rings (SSSR count). The first kappa shape index (κ1) is 20.9. The van der Waals surface area contributed by atoms with Gasteiger partial charge in [-0.2, -0.15) is 0 Å². The summed E-state index contributed by atoms with van der Waals surface area (Å²) >= 11 is 0. The Morgan fingerprint density at radius 1 is 1.10 bits per heavy atom. The fraction of sp³-hybridized carbons (Fsp3) is 0.375. The molecule has 2 N–H and O–H groups in total. The molecule has 0 unspecified atom stereocenters. The number of carbonyl (C=O) groups excluding carboxylic acids is 2. The molecule has 2 aromatic carbocycles. The number of nitrogens with zero attached hydrogens (tertiary/aromatic N) is 1. The molecular weight excluding hydrogens is 396 g/mol. The molecule has 31 heavy (non-hydrogen) atoms. The zero-order valence-corrected chi connectivity index (χ0v) is 17.4. The maximum absolute atomic E-state index is 12.5. The molecule has 0 aromatic heterocycles. The van der Waals surface area contributed by atoms with E-state index in [0.717, 1.165) is 22.3 Å². The summed E-state index contributed by atoms with van der Waals surface area (Å²) < 4.78 is 5.51. The van der Waals surface area contributed by atoms with Gasteiger partial charge in [0.1, 0.15) is 12.6 Å². The predicted octanol–water partition coefficient (Wildman–Crippen LogP) is 3.38. The minimum atomic E-state index is -0.983. The average Bonchev–Trinajstić information content (AvgIpc) is 3.36. The van der Waals surface area contributed by atoms with Gasteiger partial charge in [-0.15, -0.1) is 0 Å². The van der Waals surface area contributed by atoms with Crippen LogP contribution in [0.1, 0.15) is 43.2 Å². The van der Waals surface area contributed by atoms with E-state index in [-0.39, 0.29) is 24.9 Å². The van der Waals surface area contributed by atoms with Crippen molar-refractivity contribution in [2.45, 2.75) is 44.2 Å². The number of nitrogens with one attached hydrogen (secondary N) is 1. The third-order valence-electron chi connectivity index (χ3n) is 6.05. The number of likely N-dealkylation sites (tertiary alicyclic amines) is 1. The summed E-state index contributed by atoms with van der Waals surface area (Å²) in [6, 6.07) is 15.0. The number of aliphatic carboxylic acids is 1. The maximum atomic E-state index is 12.5. The summed E-state index contributed by atoms with van der Waals surface area (Å²) in [5.41, 5.74) is 4.58. The Balaban J connectivity index is 1.32. The van der Waals surface area contributed by atoms with Gasteiger partial charge in [0, 0.05) is 24.9 Å². The van der Waals surface area contributed by atoms with Crippen LogP contribution in [0, 0.1) is 0 Å². The molecule has 2 atom stereocenters. The lowest BCUT2D eigenvalue weighted by Crippen LogP contribution is -2.44. The second-order valence-electron chi connectivity index (χ2n) is 8.16. The molecule has 1 heterocycles. The molecule has 1 aliphatic heterocycles. The summed E-state index contributed by atoms with van der Waals surface area (Å²) in [7, 11) is 0. The quantitative estimate of drug-likeness (QED) is 0.744. The Morgan fingerprint density at radius 3 is 2.32 bits per heavy atom. The number of carbonyl (C=O) groups is 3. The molecule has 1 saturated heterocycles. The van der Waals surface area contributed by atoms with Gasteiger partial charge in [-0.05, 0) is 42.0 Å². The number of fused-ring (bicyclic) bond motifs is 3. The van der Waals surface area contributed by atoms with E-state index in [9.17, 15) is 19.5 Å². The van der Waals surface area contributed by atoms with Crippen LogP contribution in [0.15, 0.2) is 48.5 Å². The third-order valence-corrected chi connectivity index (χ3v) is 6.05. The van der Waals surface area contributed by atoms with Crippen molar-refractivity contribution in [2.75, 3.05) is 13.2 Å². The second-order valence-corrected chi connectivity index (χ2v) is 8.16. The zero-order valence-electron chi connectivity index (χ0n) is 17.4. The number of carboxylic acids is 1. The monoisotopic (exact) mass is 422 g/mol. The van der Waals surface area contributed by atoms with Crippen molar-refractivity contribution in [1.29, 1.82) is 0 Å². The predicted molar refractivity (Wildman–Crippen MR) is 115 cm³/mol. The second kappa shape index (κ2) is 8.79. The summed E-state index contributed by atoms with van der Waals surface area (Å²) in [4.78, 5) is 37.5. The largest absolute Gasteiger partial charge is 0.480 e. The topological polar surface area (TPSA) is 95.9 Å². The van der Waals surface area contributed by atoms with Gasteiger partial charge in [0.15, 0.2) is 0 Å². The molecule has 2 aromatic rings. The summed E-state index contributed by atoms with van der Waals surface area (Å²) in [5.74, 6) is -1.28. The molecule has 7 nitrogen and oxygen atoms in total. The van der Waals surface area contributed by atoms with Crippen LogP contribution in [0.3, 0.4) is 0 Å². The minimum Gasteiger partial charge on any atom is -0.480 e. The van der Waals surface area contributed by atoms with Crippen LogP contribution in [-0.4, -0.2) is 53.2 Å². The summed E-state index contributed by atoms with van der Waals surface area (Å²) in [5, 5.41) is 11.9. The van der Waals surface area contributed by atoms with Crippen LogP contribution in [0.2, 0.25) is 0 Å². The highest BCUT2D eigenvalue weighted by Crippen LogP contribution is 2.44. The molecule has 0 radical (unpaired) electrons. The lowest BCUT2D eigenvalue weighted by Gasteiger charge is -2.23. The van der Waals surface area contributed by atoms with Crippen LogP contribution in [0.5, 0.6) is 0 Å². The molecule has 162 valence electrons. The van der Waals surface area contributed by atoms with E-state index in [4.69, 9.17) is 4.74 Å². The Bertz CT molecular complexity index is 959. The fourth-order valence-electron chi connectivity index (χ4n) is 4.59. The van der Waals surface area contributed by atoms with Gasteiger partial charge in [0.05, 0.1) is 0 Å². The number of carboxylic acid groups (broad SMARTS) is 1. The molecule has 0 spiro atoms. The van der Waals surface area contributed by atoms with E-state index in [0.29, 0.717) is 19.4 Å². The third kappa shape index (κ3) is 4.26. The maximum Gasteiger partial charge on any atom is 0.407 e. The Kier molecular flexibility index (Phi) is 5.93. The number of ether oxygens (including phenoxy) is 1. The number of rotatable bonds is 6. The Hall–Kier alpha value is -3.35. The molecule has 7 heteroatoms. The molecule has 1 fully saturated rings. The summed E-state index contributed by atoms with van der Waals surface area (Å²) in [6.45, 7) is 2.35. The highest BCUT2D eigenvalue weighted by atomic mass is 16.5. The molecule has 0 bridgehead atoms. The van der Waals surface area contributed by atoms with Gasteiger partial charge < -0.3 is 20.1 Å². The van der Waals surface area contributed by atoms with Gasteiger partial charge in [-0.1, -0.05) is 48.5 Å². The Labute approximate surface area is 181 Å². The number of amides is 2. The summed E-state index contributed by atoms with van der Waals surface area (Å²) in [6.07, 6.45) is 0.596. The van der Waals surface area contributed by atoms with Gasteiger partial charge >= 0.3 is 12.1 Å². The van der Waals surface area contributed by atoms with E-state index in [2.05, 4.69) is 29.6 Å². The number of hydrogen-bond acceptors (Lipinski definition) is 4. The van der Waals surface area contributed by atoms with Crippen molar-refractivity contribution >= 4 is 18.0 Å². The van der Waals surface area contributed by atoms with Crippen LogP contribution in [-0.2, 0) is 14.3 Å². The lowest BCUT2D eigenvalue weighted by molar-refractivity contribution is -0.148. The standard InChI is InChI=1S/C24H26N2O5/c1-15(13-22(27)26-12-6-11-21(26)23(28)29)25-24(30)31-14-20-18-9-4-2-7-16(18)17-8-3-5-10-19(17)20/h2-5,7-10,15,20-21H,6,11-14H2,1H3,(H,25,30)(H,28,29)/t15-,21+/m0/s1. The van der Waals surface area contributed by atoms with Crippen molar-refractivity contribution < 1.29 is 24.2 Å². The lowest BCUT2D eigenvalue weighted by atomic mass is 9.98. The van der Waals surface area contributed by atoms with Crippen molar-refractivity contribution in [3.05, 3.63) is 59.7 Å². The zero-order chi connectivity index (χ0) is 22.0. The molecule has 1 aliphatic carbocycles. The highest BCUT2D eigenvalue weighted by Gasteiger charge is 2.34. The van der Waals surface area contributed by atoms with Crippen molar-refractivity contribution in [3.63, 3.8) is 0 Å². The SMILES string of the molecule is C[C@@H](CC(=O)N1CCC[C@@H]1C(=O)O)NC(=O)OCC1c2ccccc2-c2ccccc21. The average molecular weight is 422 g/mol. The van der Waals surface area contributed by atoms with E-state index in [1.165, 1.54) is 4.90 Å². The van der Waals surface area contributed by atoms with E-state index >= 15 is 0 Å². The number of benzene rings is 2. The van der Waals surface area contributed by atoms with Gasteiger partial charge in [0.2, 0.25) is 5.91 Å². The normalized spacial score (nSPS) is 18.2. The fourth-order valence-corrected chi connectivity index (χ4v) is 4.59. The molecule has 2 aliphatic rings. The minimum absolute atomic E-state index is 0.0315. The van der Waals surface area contributed by atoms with Gasteiger partial charge in [0.25, 0.3) is 0 Å². The first-order valence-electron chi connectivity index (χ1n) is 10.6. The number of alkyl carbamates (subject to hydrolysis) is 1. The van der Waals surface area contributed by atoms with Crippen molar-refractivity contribution in [3.8, 4) is 11.1 Å². The van der Waals surface area contributed by atoms with E-state index in [1.54, 1.807) is 6.92 Å². The van der Waals surface area contributed by atoms with Crippen LogP contribution >= 0.6 is 0 Å². The van der Waals surface area contributed by atoms with Crippen LogP contribution in [0.25, 0.3) is 11.1 Å². The first-order chi connectivity index (χ1) is 15.0. The molecule has 2 amide bonds. The van der Waals surface area contributed by atoms with Gasteiger partial charge in [-0.3, -0.25) is 4.79 Å². The van der Waals surface area contributed by atoms with Crippen LogP contribution in [0.4, 0.5) is 4.79 Å². The van der Waals surface area contributed by atoms with E-state index in [1.807, 2.05) is 24.3 Å². The van der Waals surface area contributed by atoms with E-state index < -0.39 is 24.1 Å². The Morgan fingerprint density at radius 2 is 1.71 bits per heavy atom. The van der Waals surface area contributed by atoms with Crippen LogP contribution < -0.4 is 5.32 Å². The molecular formula is C24H26N2O5. The molecule has 0 saturated carbocycles. The van der Waals surface area contributed by atoms with Crippen molar-refractivity contribution in [1.82, 2.24) is 10.2 Å². The van der Waals surface area contributed by atoms with Crippen molar-refractivity contribution in [2.24, 2.45) is 0 Å². The first-order valence-corrected chi connectivity index (χ1v) is 10.6. The number of hydrogen-bond donors (Lipinski definition) is 2. The highest BCUT2D eigenvalue weighted by molar-refractivity contribution is 5.85. The van der Waals surface area contributed by atoms with Gasteiger partial charge in [-0.25, -0.2) is 9.59 Å².